The molecule has 0 heterocycles. The SMILES string of the molecule is O=C([O-])CS.O=C([O-])[O-]. The molecule has 9 heavy (non-hydrogen) atoms. The van der Waals surface area contributed by atoms with Gasteiger partial charge in [-0.3, -0.25) is 0 Å². The van der Waals surface area contributed by atoms with Crippen LogP contribution in [0.25, 0.3) is 0 Å². The molecule has 0 fully saturated rings. The number of hydrogen-bond acceptors (Lipinski definition) is 6. The molecule has 0 saturated carbocycles. The standard InChI is InChI=1S/C2H4O2S.CH2O3/c3-2(4)1-5;2-1(3)4/h5H,1H2,(H,3,4);(H2,2,3,4)/p-3. The number of carboxylic acid groups (broad SMARTS) is 3. The van der Waals surface area contributed by atoms with Crippen molar-refractivity contribution in [2.24, 2.45) is 0 Å². The normalized spacial score (nSPS) is 6.78. The van der Waals surface area contributed by atoms with Gasteiger partial charge in [0.15, 0.2) is 0 Å². The lowest BCUT2D eigenvalue weighted by atomic mass is 10.8. The van der Waals surface area contributed by atoms with E-state index >= 15 is 0 Å². The van der Waals surface area contributed by atoms with Crippen LogP contribution in [0.2, 0.25) is 0 Å². The minimum atomic E-state index is -2.33. The maximum Gasteiger partial charge on any atom is 0.0510 e. The molecule has 0 aliphatic heterocycles. The van der Waals surface area contributed by atoms with Crippen molar-refractivity contribution in [2.75, 3.05) is 5.75 Å². The smallest absolute Gasteiger partial charge is 0.0510 e. The van der Waals surface area contributed by atoms with Crippen molar-refractivity contribution in [1.82, 2.24) is 0 Å². The van der Waals surface area contributed by atoms with Crippen molar-refractivity contribution in [3.8, 4) is 0 Å². The van der Waals surface area contributed by atoms with E-state index in [9.17, 15) is 9.90 Å². The van der Waals surface area contributed by atoms with E-state index in [1.165, 1.54) is 0 Å². The molecule has 0 bridgehead atoms. The summed E-state index contributed by atoms with van der Waals surface area (Å²) in [6.45, 7) is 0. The monoisotopic (exact) mass is 151 g/mol. The number of aliphatic carboxylic acids is 1. The van der Waals surface area contributed by atoms with E-state index in [2.05, 4.69) is 12.6 Å². The Balaban J connectivity index is 0. The fraction of sp³-hybridized carbons (Fsp3) is 0.333. The second-order valence-electron chi connectivity index (χ2n) is 0.780. The summed E-state index contributed by atoms with van der Waals surface area (Å²) in [5.74, 6) is -1.33. The molecule has 0 N–H and O–H groups in total. The first-order valence-electron chi connectivity index (χ1n) is 1.69. The van der Waals surface area contributed by atoms with E-state index in [0.717, 1.165) is 0 Å². The van der Waals surface area contributed by atoms with Gasteiger partial charge in [0.05, 0.1) is 5.97 Å². The van der Waals surface area contributed by atoms with Crippen LogP contribution in [0.4, 0.5) is 4.79 Å². The summed E-state index contributed by atoms with van der Waals surface area (Å²) >= 11 is 3.35. The molecule has 0 aliphatic rings. The zero-order valence-electron chi connectivity index (χ0n) is 4.20. The number of thiol groups is 1. The van der Waals surface area contributed by atoms with Gasteiger partial charge in [0.1, 0.15) is 0 Å². The Bertz CT molecular complexity index is 96.4. The van der Waals surface area contributed by atoms with Crippen molar-refractivity contribution in [2.45, 2.75) is 0 Å². The third-order valence-corrected chi connectivity index (χ3v) is 0.387. The first-order valence-corrected chi connectivity index (χ1v) is 2.32. The van der Waals surface area contributed by atoms with Crippen LogP contribution in [-0.2, 0) is 4.79 Å². The second-order valence-corrected chi connectivity index (χ2v) is 1.10. The van der Waals surface area contributed by atoms with E-state index in [1.54, 1.807) is 0 Å². The van der Waals surface area contributed by atoms with E-state index in [4.69, 9.17) is 15.0 Å². The predicted octanol–water partition coefficient (Wildman–Crippen LogP) is -3.78. The number of rotatable bonds is 1. The molecule has 0 aliphatic carbocycles. The number of carbonyl (C=O) groups is 2. The van der Waals surface area contributed by atoms with Crippen LogP contribution in [0.15, 0.2) is 0 Å². The van der Waals surface area contributed by atoms with Crippen LogP contribution in [0, 0.1) is 0 Å². The molecule has 0 spiro atoms. The van der Waals surface area contributed by atoms with Crippen LogP contribution in [-0.4, -0.2) is 17.9 Å². The van der Waals surface area contributed by atoms with E-state index in [1.807, 2.05) is 0 Å². The molecule has 6 heteroatoms. The Morgan fingerprint density at radius 1 is 1.22 bits per heavy atom. The fourth-order valence-electron chi connectivity index (χ4n) is 0. The molecule has 0 atom stereocenters. The highest BCUT2D eigenvalue weighted by atomic mass is 32.1. The first-order chi connectivity index (χ1) is 4.00. The summed E-state index contributed by atoms with van der Waals surface area (Å²) < 4.78 is 0. The van der Waals surface area contributed by atoms with Gasteiger partial charge in [0.2, 0.25) is 0 Å². The minimum absolute atomic E-state index is 0.194. The van der Waals surface area contributed by atoms with Crippen LogP contribution >= 0.6 is 12.6 Å². The molecule has 5 nitrogen and oxygen atoms in total. The number of carbonyl (C=O) groups excluding carboxylic acids is 2. The lowest BCUT2D eigenvalue weighted by molar-refractivity contribution is -0.415. The van der Waals surface area contributed by atoms with Crippen LogP contribution in [0.5, 0.6) is 0 Å². The van der Waals surface area contributed by atoms with Gasteiger partial charge < -0.3 is 24.9 Å². The maximum absolute atomic E-state index is 9.18. The maximum atomic E-state index is 9.18. The highest BCUT2D eigenvalue weighted by molar-refractivity contribution is 7.81. The molecule has 54 valence electrons. The molecule has 0 amide bonds. The molecular formula is C3H3O5S-3. The summed E-state index contributed by atoms with van der Waals surface area (Å²) in [5, 5.41) is 25.8. The molecule has 0 unspecified atom stereocenters. The molecule has 0 radical (unpaired) electrons. The third-order valence-electron chi connectivity index (χ3n) is 0.129. The van der Waals surface area contributed by atoms with E-state index < -0.39 is 12.1 Å². The van der Waals surface area contributed by atoms with Crippen molar-refractivity contribution < 1.29 is 24.9 Å². The zero-order chi connectivity index (χ0) is 7.86. The Hall–Kier alpha value is -0.910. The number of hydrogen-bond donors (Lipinski definition) is 1. The lowest BCUT2D eigenvalue weighted by Crippen LogP contribution is -2.37. The molecular weight excluding hydrogens is 148 g/mol. The molecule has 0 aromatic heterocycles. The third kappa shape index (κ3) is 155. The van der Waals surface area contributed by atoms with E-state index in [0.29, 0.717) is 0 Å². The molecule has 0 aromatic carbocycles. The Morgan fingerprint density at radius 3 is 1.33 bits per heavy atom. The van der Waals surface area contributed by atoms with Gasteiger partial charge in [-0.15, -0.1) is 0 Å². The van der Waals surface area contributed by atoms with Crippen LogP contribution < -0.4 is 15.3 Å². The van der Waals surface area contributed by atoms with Gasteiger partial charge in [-0.25, -0.2) is 0 Å². The van der Waals surface area contributed by atoms with Crippen LogP contribution in [0.3, 0.4) is 0 Å². The fourth-order valence-corrected chi connectivity index (χ4v) is 0. The summed E-state index contributed by atoms with van der Waals surface area (Å²) in [4.78, 5) is 17.5. The average Bonchev–Trinajstić information content (AvgIpc) is 1.65. The summed E-state index contributed by atoms with van der Waals surface area (Å²) in [7, 11) is 0. The minimum Gasteiger partial charge on any atom is -0.652 e. The van der Waals surface area contributed by atoms with Crippen molar-refractivity contribution in [1.29, 1.82) is 0 Å². The topological polar surface area (TPSA) is 103 Å². The summed E-state index contributed by atoms with van der Waals surface area (Å²) in [6.07, 6.45) is -2.33. The lowest BCUT2D eigenvalue weighted by Gasteiger charge is -1.96. The molecule has 0 aromatic rings. The van der Waals surface area contributed by atoms with Crippen molar-refractivity contribution >= 4 is 24.8 Å². The predicted molar refractivity (Wildman–Crippen MR) is 24.3 cm³/mol. The largest absolute Gasteiger partial charge is 0.652 e. The summed E-state index contributed by atoms with van der Waals surface area (Å²) in [6, 6.07) is 0. The van der Waals surface area contributed by atoms with Crippen molar-refractivity contribution in [3.63, 3.8) is 0 Å². The number of carboxylic acids is 1. The Labute approximate surface area is 56.3 Å². The molecule has 0 rings (SSSR count). The Morgan fingerprint density at radius 2 is 1.33 bits per heavy atom. The van der Waals surface area contributed by atoms with Crippen LogP contribution in [0.1, 0.15) is 0 Å². The van der Waals surface area contributed by atoms with Gasteiger partial charge in [-0.1, -0.05) is 0 Å². The van der Waals surface area contributed by atoms with Gasteiger partial charge >= 0.3 is 0 Å². The van der Waals surface area contributed by atoms with Gasteiger partial charge in [0, 0.05) is 5.75 Å². The van der Waals surface area contributed by atoms with E-state index in [-0.39, 0.29) is 5.75 Å². The van der Waals surface area contributed by atoms with Crippen molar-refractivity contribution in [3.05, 3.63) is 0 Å². The quantitative estimate of drug-likeness (QED) is 0.387. The molecule has 0 saturated heterocycles. The second kappa shape index (κ2) is 7.09. The van der Waals surface area contributed by atoms with Gasteiger partial charge in [-0.2, -0.15) is 12.6 Å². The average molecular weight is 151 g/mol. The van der Waals surface area contributed by atoms with Gasteiger partial charge in [-0.05, 0) is 6.16 Å². The summed E-state index contributed by atoms with van der Waals surface area (Å²) in [5.41, 5.74) is 0. The zero-order valence-corrected chi connectivity index (χ0v) is 5.09. The highest BCUT2D eigenvalue weighted by Gasteiger charge is 1.66. The Kier molecular flexibility index (Phi) is 8.64. The highest BCUT2D eigenvalue weighted by Crippen LogP contribution is 1.62. The first kappa shape index (κ1) is 11.0. The van der Waals surface area contributed by atoms with Gasteiger partial charge in [0.25, 0.3) is 0 Å².